The number of nitrogens with zero attached hydrogens (tertiary/aromatic N) is 1. The van der Waals surface area contributed by atoms with Crippen molar-refractivity contribution in [2.24, 2.45) is 5.92 Å². The summed E-state index contributed by atoms with van der Waals surface area (Å²) in [4.78, 5) is 2.56. The van der Waals surface area contributed by atoms with E-state index in [9.17, 15) is 0 Å². The third kappa shape index (κ3) is 2.37. The van der Waals surface area contributed by atoms with Crippen LogP contribution in [0.25, 0.3) is 11.1 Å². The minimum atomic E-state index is 0.411. The Balaban J connectivity index is 1.65. The van der Waals surface area contributed by atoms with E-state index in [4.69, 9.17) is 0 Å². The summed E-state index contributed by atoms with van der Waals surface area (Å²) in [5.41, 5.74) is 5.76. The first-order chi connectivity index (χ1) is 10.8. The van der Waals surface area contributed by atoms with Crippen molar-refractivity contribution >= 4 is 0 Å². The van der Waals surface area contributed by atoms with Gasteiger partial charge in [-0.25, -0.2) is 0 Å². The summed E-state index contributed by atoms with van der Waals surface area (Å²) in [6.07, 6.45) is 2.67. The van der Waals surface area contributed by atoms with Crippen LogP contribution in [0.15, 0.2) is 48.5 Å². The predicted octanol–water partition coefficient (Wildman–Crippen LogP) is 3.69. The Hall–Kier alpha value is -1.64. The van der Waals surface area contributed by atoms with Crippen LogP contribution in [0.3, 0.4) is 0 Å². The second-order valence-electron chi connectivity index (χ2n) is 6.73. The molecule has 2 heteroatoms. The van der Waals surface area contributed by atoms with Crippen molar-refractivity contribution in [2.45, 2.75) is 18.9 Å². The van der Waals surface area contributed by atoms with Gasteiger partial charge in [0, 0.05) is 6.54 Å². The maximum absolute atomic E-state index is 3.54. The van der Waals surface area contributed by atoms with Gasteiger partial charge in [-0.1, -0.05) is 48.5 Å². The summed E-state index contributed by atoms with van der Waals surface area (Å²) in [6, 6.07) is 18.2. The van der Waals surface area contributed by atoms with Gasteiger partial charge in [0.05, 0.1) is 6.04 Å². The maximum Gasteiger partial charge on any atom is 0.0611 e. The molecule has 2 nitrogen and oxygen atoms in total. The van der Waals surface area contributed by atoms with Crippen molar-refractivity contribution in [1.29, 1.82) is 0 Å². The van der Waals surface area contributed by atoms with E-state index in [-0.39, 0.29) is 0 Å². The summed E-state index contributed by atoms with van der Waals surface area (Å²) >= 11 is 0. The van der Waals surface area contributed by atoms with Gasteiger partial charge in [-0.05, 0) is 61.2 Å². The summed E-state index contributed by atoms with van der Waals surface area (Å²) in [5.74, 6) is 0.777. The molecule has 114 valence electrons. The first kappa shape index (κ1) is 14.0. The van der Waals surface area contributed by atoms with Crippen LogP contribution < -0.4 is 5.32 Å². The van der Waals surface area contributed by atoms with E-state index in [0.29, 0.717) is 6.04 Å². The van der Waals surface area contributed by atoms with Crippen LogP contribution in [0.1, 0.15) is 30.0 Å². The number of hydrogen-bond acceptors (Lipinski definition) is 2. The van der Waals surface area contributed by atoms with Gasteiger partial charge >= 0.3 is 0 Å². The number of hydrogen-bond donors (Lipinski definition) is 1. The predicted molar refractivity (Wildman–Crippen MR) is 91.9 cm³/mol. The van der Waals surface area contributed by atoms with Crippen molar-refractivity contribution in [3.05, 3.63) is 59.7 Å². The zero-order valence-corrected chi connectivity index (χ0v) is 13.3. The molecule has 22 heavy (non-hydrogen) atoms. The minimum absolute atomic E-state index is 0.411. The molecule has 1 fully saturated rings. The highest BCUT2D eigenvalue weighted by Crippen LogP contribution is 2.45. The Morgan fingerprint density at radius 1 is 1.00 bits per heavy atom. The number of fused-ring (bicyclic) bond motifs is 3. The Labute approximate surface area is 133 Å². The summed E-state index contributed by atoms with van der Waals surface area (Å²) in [5, 5.41) is 3.54. The Morgan fingerprint density at radius 3 is 2.23 bits per heavy atom. The van der Waals surface area contributed by atoms with E-state index in [1.54, 1.807) is 0 Å². The first-order valence-electron chi connectivity index (χ1n) is 8.44. The molecule has 1 atom stereocenters. The summed E-state index contributed by atoms with van der Waals surface area (Å²) in [7, 11) is 2.29. The lowest BCUT2D eigenvalue weighted by atomic mass is 9.97. The monoisotopic (exact) mass is 292 g/mol. The fraction of sp³-hybridized carbons (Fsp3) is 0.400. The number of piperidine rings is 1. The first-order valence-corrected chi connectivity index (χ1v) is 8.44. The van der Waals surface area contributed by atoms with Crippen LogP contribution in [-0.4, -0.2) is 31.6 Å². The molecular weight excluding hydrogens is 268 g/mol. The average Bonchev–Trinajstić information content (AvgIpc) is 2.90. The van der Waals surface area contributed by atoms with Crippen LogP contribution in [0.4, 0.5) is 0 Å². The van der Waals surface area contributed by atoms with Gasteiger partial charge in [0.1, 0.15) is 0 Å². The molecule has 2 aromatic carbocycles. The SMILES string of the molecule is CN(CC1CCCNC1)C1c2ccccc2-c2ccccc21. The van der Waals surface area contributed by atoms with Crippen molar-refractivity contribution in [1.82, 2.24) is 10.2 Å². The molecule has 2 aromatic rings. The number of benzene rings is 2. The van der Waals surface area contributed by atoms with Gasteiger partial charge < -0.3 is 5.32 Å². The molecule has 1 aliphatic carbocycles. The van der Waals surface area contributed by atoms with Crippen LogP contribution in [0.5, 0.6) is 0 Å². The Bertz CT molecular complexity index is 613. The average molecular weight is 292 g/mol. The second kappa shape index (κ2) is 5.86. The van der Waals surface area contributed by atoms with E-state index in [0.717, 1.165) is 5.92 Å². The molecule has 1 N–H and O–H groups in total. The third-order valence-corrected chi connectivity index (χ3v) is 5.19. The molecule has 4 rings (SSSR count). The van der Waals surface area contributed by atoms with Gasteiger partial charge in [0.15, 0.2) is 0 Å². The fourth-order valence-electron chi connectivity index (χ4n) is 4.20. The third-order valence-electron chi connectivity index (χ3n) is 5.19. The molecule has 0 amide bonds. The van der Waals surface area contributed by atoms with Crippen LogP contribution in [-0.2, 0) is 0 Å². The second-order valence-corrected chi connectivity index (χ2v) is 6.73. The molecule has 2 aliphatic rings. The molecule has 1 heterocycles. The van der Waals surface area contributed by atoms with Gasteiger partial charge in [-0.15, -0.1) is 0 Å². The quantitative estimate of drug-likeness (QED) is 0.928. The van der Waals surface area contributed by atoms with Crippen molar-refractivity contribution in [3.63, 3.8) is 0 Å². The molecule has 0 aromatic heterocycles. The molecular formula is C20H24N2. The van der Waals surface area contributed by atoms with Crippen LogP contribution in [0.2, 0.25) is 0 Å². The van der Waals surface area contributed by atoms with E-state index in [2.05, 4.69) is 65.8 Å². The van der Waals surface area contributed by atoms with Crippen molar-refractivity contribution in [3.8, 4) is 11.1 Å². The molecule has 0 radical (unpaired) electrons. The Morgan fingerprint density at radius 2 is 1.64 bits per heavy atom. The molecule has 0 bridgehead atoms. The highest BCUT2D eigenvalue weighted by Gasteiger charge is 2.31. The van der Waals surface area contributed by atoms with Gasteiger partial charge in [-0.3, -0.25) is 4.90 Å². The number of nitrogens with one attached hydrogen (secondary N) is 1. The largest absolute Gasteiger partial charge is 0.316 e. The lowest BCUT2D eigenvalue weighted by Gasteiger charge is -2.32. The normalized spacial score (nSPS) is 20.9. The van der Waals surface area contributed by atoms with Crippen LogP contribution in [0, 0.1) is 5.92 Å². The van der Waals surface area contributed by atoms with Gasteiger partial charge in [-0.2, -0.15) is 0 Å². The zero-order chi connectivity index (χ0) is 14.9. The molecule has 1 saturated heterocycles. The minimum Gasteiger partial charge on any atom is -0.316 e. The van der Waals surface area contributed by atoms with Crippen molar-refractivity contribution in [2.75, 3.05) is 26.7 Å². The van der Waals surface area contributed by atoms with E-state index >= 15 is 0 Å². The Kier molecular flexibility index (Phi) is 3.73. The fourth-order valence-corrected chi connectivity index (χ4v) is 4.20. The van der Waals surface area contributed by atoms with Crippen molar-refractivity contribution < 1.29 is 0 Å². The summed E-state index contributed by atoms with van der Waals surface area (Å²) < 4.78 is 0. The molecule has 0 spiro atoms. The molecule has 1 aliphatic heterocycles. The van der Waals surface area contributed by atoms with E-state index in [1.807, 2.05) is 0 Å². The van der Waals surface area contributed by atoms with Gasteiger partial charge in [0.2, 0.25) is 0 Å². The lowest BCUT2D eigenvalue weighted by Crippen LogP contribution is -2.38. The van der Waals surface area contributed by atoms with Gasteiger partial charge in [0.25, 0.3) is 0 Å². The zero-order valence-electron chi connectivity index (χ0n) is 13.3. The standard InChI is InChI=1S/C20H24N2/c1-22(14-15-7-6-12-21-13-15)20-18-10-4-2-8-16(18)17-9-3-5-11-19(17)20/h2-5,8-11,15,20-21H,6-7,12-14H2,1H3. The maximum atomic E-state index is 3.54. The van der Waals surface area contributed by atoms with E-state index in [1.165, 1.54) is 54.7 Å². The topological polar surface area (TPSA) is 15.3 Å². The number of rotatable bonds is 3. The lowest BCUT2D eigenvalue weighted by molar-refractivity contribution is 0.212. The molecule has 1 unspecified atom stereocenters. The smallest absolute Gasteiger partial charge is 0.0611 e. The van der Waals surface area contributed by atoms with Crippen LogP contribution >= 0.6 is 0 Å². The highest BCUT2D eigenvalue weighted by atomic mass is 15.1. The molecule has 0 saturated carbocycles. The summed E-state index contributed by atoms with van der Waals surface area (Å²) in [6.45, 7) is 3.52. The van der Waals surface area contributed by atoms with E-state index < -0.39 is 0 Å². The highest BCUT2D eigenvalue weighted by molar-refractivity contribution is 5.78.